The molecule has 0 radical (unpaired) electrons. The van der Waals surface area contributed by atoms with E-state index in [1.165, 1.54) is 0 Å². The smallest absolute Gasteiger partial charge is 0.548 e. The van der Waals surface area contributed by atoms with Gasteiger partial charge in [-0.3, -0.25) is 21.6 Å². The average molecular weight is 883 g/mol. The number of hydrogen-bond acceptors (Lipinski definition) is 16. The third-order valence-corrected chi connectivity index (χ3v) is 5.24. The van der Waals surface area contributed by atoms with Gasteiger partial charge >= 0.3 is 19.8 Å². The Bertz CT molecular complexity index is 843. The van der Waals surface area contributed by atoms with E-state index in [0.717, 1.165) is 0 Å². The van der Waals surface area contributed by atoms with E-state index in [-0.39, 0.29) is 43.6 Å². The van der Waals surface area contributed by atoms with E-state index in [1.54, 1.807) is 0 Å². The summed E-state index contributed by atoms with van der Waals surface area (Å²) < 4.78 is 0. The Morgan fingerprint density at radius 3 is 0.673 bits per heavy atom. The minimum Gasteiger partial charge on any atom is -0.548 e. The topological polar surface area (TPSA) is 512 Å². The Morgan fingerprint density at radius 1 is 0.429 bits per heavy atom. The van der Waals surface area contributed by atoms with Gasteiger partial charge in [0.05, 0.1) is 23.9 Å². The minimum absolute atomic E-state index is 0. The number of nitrogens with one attached hydrogen (secondary N) is 8. The van der Waals surface area contributed by atoms with Gasteiger partial charge in [-0.25, -0.2) is 0 Å². The van der Waals surface area contributed by atoms with E-state index in [1.807, 2.05) is 0 Å². The number of carbonyl (C=O) groups is 4. The maximum Gasteiger partial charge on any atom is 4.00 e. The van der Waals surface area contributed by atoms with Crippen LogP contribution in [0.2, 0.25) is 0 Å². The molecule has 0 aromatic heterocycles. The molecule has 0 saturated heterocycles. The van der Waals surface area contributed by atoms with Gasteiger partial charge in [-0.2, -0.15) is 0 Å². The van der Waals surface area contributed by atoms with Crippen molar-refractivity contribution in [1.82, 2.24) is 21.3 Å². The number of carbonyl (C=O) groups excluding carboxylic acids is 4. The van der Waals surface area contributed by atoms with E-state index in [2.05, 4.69) is 21.3 Å². The molecule has 0 heterocycles. The van der Waals surface area contributed by atoms with Crippen molar-refractivity contribution in [2.75, 3.05) is 26.2 Å². The fourth-order valence-electron chi connectivity index (χ4n) is 2.65. The summed E-state index contributed by atoms with van der Waals surface area (Å²) in [7, 11) is 0. The third-order valence-electron chi connectivity index (χ3n) is 5.24. The molecule has 24 nitrogen and oxygen atoms in total. The van der Waals surface area contributed by atoms with Crippen molar-refractivity contribution in [1.29, 1.82) is 21.6 Å². The zero-order chi connectivity index (χ0) is 38.2. The van der Waals surface area contributed by atoms with Crippen LogP contribution in [0.3, 0.4) is 0 Å². The summed E-state index contributed by atoms with van der Waals surface area (Å²) in [6.07, 6.45) is 3.49. The Hall–Kier alpha value is -4.56. The van der Waals surface area contributed by atoms with Crippen LogP contribution in [0.5, 0.6) is 0 Å². The summed E-state index contributed by atoms with van der Waals surface area (Å²) in [6.45, 7) is 1.82. The molecule has 25 heteroatoms. The molecule has 284 valence electrons. The van der Waals surface area contributed by atoms with E-state index >= 15 is 0 Å². The zero-order valence-electron chi connectivity index (χ0n) is 27.0. The Balaban J connectivity index is -0.000000174. The van der Waals surface area contributed by atoms with Gasteiger partial charge in [-0.15, -0.1) is 0 Å². The minimum atomic E-state index is -1.25. The molecule has 24 N–H and O–H groups in total. The molecular weight excluding hydrogens is 831 g/mol. The van der Waals surface area contributed by atoms with Crippen molar-refractivity contribution in [3.63, 3.8) is 0 Å². The van der Waals surface area contributed by atoms with Crippen LogP contribution in [-0.4, -0.2) is 98.1 Å². The van der Waals surface area contributed by atoms with Gasteiger partial charge in [0.25, 0.3) is 0 Å². The summed E-state index contributed by atoms with van der Waals surface area (Å²) in [4.78, 5) is 40.4. The predicted molar refractivity (Wildman–Crippen MR) is 169 cm³/mol. The second kappa shape index (κ2) is 34.8. The van der Waals surface area contributed by atoms with E-state index in [9.17, 15) is 39.6 Å². The van der Waals surface area contributed by atoms with Gasteiger partial charge in [0, 0.05) is 50.3 Å². The normalized spacial score (nSPS) is 11.8. The zero-order valence-corrected chi connectivity index (χ0v) is 29.6. The van der Waals surface area contributed by atoms with Crippen LogP contribution in [0.1, 0.15) is 51.4 Å². The molecule has 0 unspecified atom stereocenters. The fourth-order valence-corrected chi connectivity index (χ4v) is 2.65. The van der Waals surface area contributed by atoms with Crippen LogP contribution < -0.4 is 87.6 Å². The second-order valence-corrected chi connectivity index (χ2v) is 9.63. The molecule has 0 fully saturated rings. The van der Waals surface area contributed by atoms with Crippen LogP contribution in [0, 0.1) is 21.6 Å². The van der Waals surface area contributed by atoms with Gasteiger partial charge in [-0.05, 0) is 51.4 Å². The van der Waals surface area contributed by atoms with Gasteiger partial charge in [0.1, 0.15) is 0 Å². The van der Waals surface area contributed by atoms with Crippen molar-refractivity contribution < 1.29 is 59.4 Å². The first-order valence-corrected chi connectivity index (χ1v) is 14.3. The first-order valence-electron chi connectivity index (χ1n) is 14.3. The quantitative estimate of drug-likeness (QED) is 0.0307. The molecule has 0 amide bonds. The molecule has 0 bridgehead atoms. The number of rotatable bonds is 20. The number of nitrogens with two attached hydrogens (primary N) is 8. The van der Waals surface area contributed by atoms with Crippen LogP contribution in [0.25, 0.3) is 0 Å². The number of guanidine groups is 4. The molecule has 0 aromatic carbocycles. The maximum absolute atomic E-state index is 10.1. The molecule has 49 heavy (non-hydrogen) atoms. The number of carboxylic acids is 4. The molecule has 0 aliphatic heterocycles. The summed E-state index contributed by atoms with van der Waals surface area (Å²) in [5.41, 5.74) is 40.6. The molecule has 0 aliphatic rings. The van der Waals surface area contributed by atoms with Gasteiger partial charge < -0.3 is 107 Å². The van der Waals surface area contributed by atoms with Crippen LogP contribution in [0.15, 0.2) is 0 Å². The van der Waals surface area contributed by atoms with Crippen molar-refractivity contribution >= 4 is 47.7 Å². The first kappa shape index (κ1) is 53.9. The Kier molecular flexibility index (Phi) is 38.2. The van der Waals surface area contributed by atoms with E-state index in [4.69, 9.17) is 67.5 Å². The largest absolute Gasteiger partial charge is 4.00 e. The summed E-state index contributed by atoms with van der Waals surface area (Å²) >= 11 is 0. The van der Waals surface area contributed by atoms with Crippen LogP contribution >= 0.6 is 0 Å². The molecule has 0 spiro atoms. The first-order chi connectivity index (χ1) is 22.1. The molecule has 0 rings (SSSR count). The van der Waals surface area contributed by atoms with Gasteiger partial charge in [-0.1, -0.05) is 0 Å². The maximum atomic E-state index is 10.1. The van der Waals surface area contributed by atoms with Crippen molar-refractivity contribution in [2.24, 2.45) is 45.9 Å². The standard InChI is InChI=1S/4C6H14N4O2.Os/c4*7-4(5(11)12)2-1-3-10-6(8)9;/h4*4H,1-3,7H2,(H,11,12)(H4,8,9,10);/q;;;;+4/p-4/t4*4-;/m0000./s1. The molecule has 0 aliphatic carbocycles. The number of hydrogen-bond donors (Lipinski definition) is 16. The Labute approximate surface area is 297 Å². The summed E-state index contributed by atoms with van der Waals surface area (Å²) in [6, 6.07) is -3.73. The third kappa shape index (κ3) is 48.0. The van der Waals surface area contributed by atoms with Crippen LogP contribution in [-0.2, 0) is 39.0 Å². The molecule has 4 atom stereocenters. The van der Waals surface area contributed by atoms with Gasteiger partial charge in [0.15, 0.2) is 23.8 Å². The number of carboxylic acid groups (broad SMARTS) is 4. The average Bonchev–Trinajstić information content (AvgIpc) is 2.97. The SMILES string of the molecule is N=C(N)NCCC[C@H](N)C(=O)[O-].N=C(N)NCCC[C@H](N)C(=O)[O-].N=C(N)NCCC[C@H](N)C(=O)[O-].N=C(N)NCCC[C@H](N)C(=O)[O-].[Os+4]. The Morgan fingerprint density at radius 2 is 0.571 bits per heavy atom. The molecular formula is C24H52N16O8Os. The summed E-state index contributed by atoms with van der Waals surface area (Å²) in [5.74, 6) is -5.52. The van der Waals surface area contributed by atoms with E-state index < -0.39 is 48.0 Å². The molecule has 0 saturated carbocycles. The second-order valence-electron chi connectivity index (χ2n) is 9.63. The molecule has 0 aromatic rings. The predicted octanol–water partition coefficient (Wildman–Crippen LogP) is -10.7. The van der Waals surface area contributed by atoms with Crippen molar-refractivity contribution in [3.05, 3.63) is 0 Å². The van der Waals surface area contributed by atoms with Crippen molar-refractivity contribution in [2.45, 2.75) is 75.5 Å². The van der Waals surface area contributed by atoms with Crippen molar-refractivity contribution in [3.8, 4) is 0 Å². The monoisotopic (exact) mass is 884 g/mol. The fraction of sp³-hybridized carbons (Fsp3) is 0.667. The summed E-state index contributed by atoms with van der Waals surface area (Å²) in [5, 5.41) is 77.6. The van der Waals surface area contributed by atoms with E-state index in [0.29, 0.717) is 77.5 Å². The number of aliphatic carboxylic acids is 4. The van der Waals surface area contributed by atoms with Crippen LogP contribution in [0.4, 0.5) is 0 Å². The van der Waals surface area contributed by atoms with Gasteiger partial charge in [0.2, 0.25) is 0 Å².